The van der Waals surface area contributed by atoms with E-state index >= 15 is 0 Å². The Hall–Kier alpha value is -0.920. The molecule has 0 aliphatic carbocycles. The van der Waals surface area contributed by atoms with Crippen molar-refractivity contribution in [2.75, 3.05) is 32.3 Å². The van der Waals surface area contributed by atoms with Crippen LogP contribution in [0.3, 0.4) is 0 Å². The Labute approximate surface area is 168 Å². The number of ether oxygens (including phenoxy) is 2. The molecule has 1 saturated heterocycles. The fraction of sp³-hybridized carbons (Fsp3) is 0.450. The van der Waals surface area contributed by atoms with Crippen LogP contribution in [-0.2, 0) is 21.5 Å². The van der Waals surface area contributed by atoms with Crippen LogP contribution in [0.25, 0.3) is 0 Å². The summed E-state index contributed by atoms with van der Waals surface area (Å²) in [4.78, 5) is 5.79. The van der Waals surface area contributed by atoms with Crippen LogP contribution in [-0.4, -0.2) is 32.4 Å². The zero-order chi connectivity index (χ0) is 18.1. The van der Waals surface area contributed by atoms with Crippen LogP contribution >= 0.6 is 35.3 Å². The molecule has 2 aliphatic rings. The molecular weight excluding hydrogens is 382 g/mol. The van der Waals surface area contributed by atoms with Crippen LogP contribution in [0.15, 0.2) is 39.4 Å². The third kappa shape index (κ3) is 3.34. The SMILES string of the molecule is COC1(c2ccc(Sc3cccc4c3N(C)C(=S)CC4)s2)CCOCC1. The highest BCUT2D eigenvalue weighted by Gasteiger charge is 2.36. The first-order chi connectivity index (χ1) is 12.6. The van der Waals surface area contributed by atoms with Gasteiger partial charge < -0.3 is 14.4 Å². The molecule has 0 saturated carbocycles. The first-order valence-corrected chi connectivity index (χ1v) is 11.0. The minimum atomic E-state index is -0.184. The van der Waals surface area contributed by atoms with Crippen LogP contribution in [0.4, 0.5) is 5.69 Å². The number of para-hydroxylation sites is 1. The van der Waals surface area contributed by atoms with E-state index in [0.717, 1.165) is 43.9 Å². The standard InChI is InChI=1S/C20H23NO2S3/c1-21-17(24)8-6-14-4-3-5-15(19(14)21)25-18-9-7-16(26-18)20(22-2)10-12-23-13-11-20/h3-5,7,9H,6,8,10-13H2,1-2H3. The molecule has 0 bridgehead atoms. The number of fused-ring (bicyclic) bond motifs is 1. The normalized spacial score (nSPS) is 19.5. The van der Waals surface area contributed by atoms with Crippen molar-refractivity contribution < 1.29 is 9.47 Å². The van der Waals surface area contributed by atoms with E-state index in [-0.39, 0.29) is 5.60 Å². The number of aryl methyl sites for hydroxylation is 1. The topological polar surface area (TPSA) is 21.7 Å². The summed E-state index contributed by atoms with van der Waals surface area (Å²) in [6.07, 6.45) is 3.85. The van der Waals surface area contributed by atoms with Gasteiger partial charge in [0.1, 0.15) is 5.60 Å². The summed E-state index contributed by atoms with van der Waals surface area (Å²) in [5, 5.41) is 0. The fourth-order valence-corrected chi connectivity index (χ4v) is 6.47. The van der Waals surface area contributed by atoms with Gasteiger partial charge in [-0.2, -0.15) is 0 Å². The predicted molar refractivity (Wildman–Crippen MR) is 113 cm³/mol. The number of thiophene rings is 1. The maximum atomic E-state index is 5.95. The van der Waals surface area contributed by atoms with Crippen molar-refractivity contribution in [2.45, 2.75) is 40.4 Å². The van der Waals surface area contributed by atoms with Gasteiger partial charge in [-0.25, -0.2) is 0 Å². The average Bonchev–Trinajstić information content (AvgIpc) is 3.14. The lowest BCUT2D eigenvalue weighted by Crippen LogP contribution is -2.34. The molecular formula is C20H23NO2S3. The van der Waals surface area contributed by atoms with E-state index in [1.165, 1.54) is 25.2 Å². The Morgan fingerprint density at radius 3 is 2.77 bits per heavy atom. The second-order valence-corrected chi connectivity index (χ2v) is 9.65. The molecule has 0 spiro atoms. The van der Waals surface area contributed by atoms with Crippen LogP contribution in [0.1, 0.15) is 29.7 Å². The number of anilines is 1. The summed E-state index contributed by atoms with van der Waals surface area (Å²) in [6, 6.07) is 11.0. The molecule has 1 aromatic heterocycles. The Morgan fingerprint density at radius 1 is 1.19 bits per heavy atom. The highest BCUT2D eigenvalue weighted by Crippen LogP contribution is 2.46. The van der Waals surface area contributed by atoms with Gasteiger partial charge in [-0.1, -0.05) is 36.1 Å². The van der Waals surface area contributed by atoms with E-state index < -0.39 is 0 Å². The quantitative estimate of drug-likeness (QED) is 0.645. The predicted octanol–water partition coefficient (Wildman–Crippen LogP) is 5.26. The molecule has 138 valence electrons. The van der Waals surface area contributed by atoms with Gasteiger partial charge in [0.25, 0.3) is 0 Å². The van der Waals surface area contributed by atoms with Crippen LogP contribution in [0.2, 0.25) is 0 Å². The summed E-state index contributed by atoms with van der Waals surface area (Å²) in [5.74, 6) is 0. The van der Waals surface area contributed by atoms with Gasteiger partial charge in [-0.3, -0.25) is 0 Å². The summed E-state index contributed by atoms with van der Waals surface area (Å²) in [7, 11) is 3.91. The number of benzene rings is 1. The molecule has 2 aromatic rings. The number of rotatable bonds is 4. The van der Waals surface area contributed by atoms with Gasteiger partial charge in [0, 0.05) is 56.4 Å². The molecule has 0 amide bonds. The average molecular weight is 406 g/mol. The smallest absolute Gasteiger partial charge is 0.106 e. The van der Waals surface area contributed by atoms with Crippen molar-refractivity contribution in [1.82, 2.24) is 0 Å². The number of hydrogen-bond acceptors (Lipinski definition) is 5. The molecule has 1 fully saturated rings. The largest absolute Gasteiger partial charge is 0.381 e. The molecule has 6 heteroatoms. The second kappa shape index (κ2) is 7.60. The van der Waals surface area contributed by atoms with Crippen molar-refractivity contribution in [3.63, 3.8) is 0 Å². The Kier molecular flexibility index (Phi) is 5.39. The summed E-state index contributed by atoms with van der Waals surface area (Å²) in [6.45, 7) is 1.53. The maximum Gasteiger partial charge on any atom is 0.106 e. The minimum absolute atomic E-state index is 0.184. The van der Waals surface area contributed by atoms with Gasteiger partial charge in [-0.05, 0) is 30.2 Å². The number of thiocarbonyl (C=S) groups is 1. The van der Waals surface area contributed by atoms with Crippen LogP contribution in [0, 0.1) is 0 Å². The lowest BCUT2D eigenvalue weighted by Gasteiger charge is -2.35. The molecule has 4 rings (SSSR count). The van der Waals surface area contributed by atoms with Gasteiger partial charge in [-0.15, -0.1) is 11.3 Å². The van der Waals surface area contributed by atoms with Crippen molar-refractivity contribution in [2.24, 2.45) is 0 Å². The van der Waals surface area contributed by atoms with Crippen LogP contribution in [0.5, 0.6) is 0 Å². The van der Waals surface area contributed by atoms with Gasteiger partial charge in [0.05, 0.1) is 14.9 Å². The third-order valence-corrected chi connectivity index (χ3v) is 8.26. The van der Waals surface area contributed by atoms with Crippen molar-refractivity contribution in [1.29, 1.82) is 0 Å². The number of methoxy groups -OCH3 is 1. The Balaban J connectivity index is 1.62. The first kappa shape index (κ1) is 18.4. The molecule has 3 heterocycles. The summed E-state index contributed by atoms with van der Waals surface area (Å²) in [5.41, 5.74) is 2.48. The molecule has 0 atom stereocenters. The minimum Gasteiger partial charge on any atom is -0.381 e. The monoisotopic (exact) mass is 405 g/mol. The molecule has 1 aromatic carbocycles. The summed E-state index contributed by atoms with van der Waals surface area (Å²) >= 11 is 9.21. The highest BCUT2D eigenvalue weighted by atomic mass is 32.2. The zero-order valence-electron chi connectivity index (χ0n) is 15.1. The lowest BCUT2D eigenvalue weighted by atomic mass is 9.92. The van der Waals surface area contributed by atoms with E-state index in [0.29, 0.717) is 0 Å². The van der Waals surface area contributed by atoms with Gasteiger partial charge in [0.15, 0.2) is 0 Å². The van der Waals surface area contributed by atoms with E-state index in [1.54, 1.807) is 0 Å². The fourth-order valence-electron chi connectivity index (χ4n) is 3.75. The molecule has 0 radical (unpaired) electrons. The number of nitrogens with zero attached hydrogens (tertiary/aromatic N) is 1. The van der Waals surface area contributed by atoms with E-state index in [9.17, 15) is 0 Å². The van der Waals surface area contributed by atoms with Gasteiger partial charge in [0.2, 0.25) is 0 Å². The molecule has 0 N–H and O–H groups in total. The van der Waals surface area contributed by atoms with Crippen molar-refractivity contribution in [3.05, 3.63) is 40.8 Å². The van der Waals surface area contributed by atoms with Crippen LogP contribution < -0.4 is 4.90 Å². The third-order valence-electron chi connectivity index (χ3n) is 5.33. The zero-order valence-corrected chi connectivity index (χ0v) is 17.6. The van der Waals surface area contributed by atoms with E-state index in [1.807, 2.05) is 30.2 Å². The molecule has 26 heavy (non-hydrogen) atoms. The molecule has 3 nitrogen and oxygen atoms in total. The molecule has 2 aliphatic heterocycles. The first-order valence-electron chi connectivity index (χ1n) is 8.92. The van der Waals surface area contributed by atoms with E-state index in [2.05, 4.69) is 42.3 Å². The van der Waals surface area contributed by atoms with Crippen molar-refractivity contribution in [3.8, 4) is 0 Å². The lowest BCUT2D eigenvalue weighted by molar-refractivity contribution is -0.0925. The highest BCUT2D eigenvalue weighted by molar-refractivity contribution is 8.01. The summed E-state index contributed by atoms with van der Waals surface area (Å²) < 4.78 is 12.8. The number of hydrogen-bond donors (Lipinski definition) is 0. The Morgan fingerprint density at radius 2 is 2.00 bits per heavy atom. The Bertz CT molecular complexity index is 811. The maximum absolute atomic E-state index is 5.95. The van der Waals surface area contributed by atoms with Gasteiger partial charge >= 0.3 is 0 Å². The second-order valence-electron chi connectivity index (χ2n) is 6.75. The van der Waals surface area contributed by atoms with E-state index in [4.69, 9.17) is 21.7 Å². The molecule has 0 unspecified atom stereocenters. The van der Waals surface area contributed by atoms with Crippen molar-refractivity contribution >= 4 is 46.0 Å².